The van der Waals surface area contributed by atoms with E-state index in [1.807, 2.05) is 6.92 Å². The normalized spacial score (nSPS) is 23.1. The second-order valence-electron chi connectivity index (χ2n) is 7.06. The Hall–Kier alpha value is -2.09. The molecule has 142 valence electrons. The van der Waals surface area contributed by atoms with E-state index in [0.717, 1.165) is 29.7 Å². The third kappa shape index (κ3) is 3.56. The molecule has 0 atom stereocenters. The third-order valence-corrected chi connectivity index (χ3v) is 4.64. The molecule has 5 nitrogen and oxygen atoms in total. The zero-order valence-electron chi connectivity index (χ0n) is 14.6. The molecule has 3 rings (SSSR count). The van der Waals surface area contributed by atoms with E-state index in [-0.39, 0.29) is 29.6 Å². The number of rotatable bonds is 5. The summed E-state index contributed by atoms with van der Waals surface area (Å²) in [6, 6.07) is 1.86. The fourth-order valence-electron chi connectivity index (χ4n) is 3.38. The lowest BCUT2D eigenvalue weighted by molar-refractivity contribution is -0.136. The Morgan fingerprint density at radius 2 is 2.08 bits per heavy atom. The fourth-order valence-corrected chi connectivity index (χ4v) is 3.38. The largest absolute Gasteiger partial charge is 0.494 e. The Bertz CT molecular complexity index is 866. The van der Waals surface area contributed by atoms with Crippen molar-refractivity contribution in [2.75, 3.05) is 6.61 Å². The molecule has 8 heteroatoms. The number of benzene rings is 1. The number of hydrogen-bond donors (Lipinski definition) is 1. The number of halogens is 3. The standard InChI is InChI=1S/C18H21F3N2O3/c1-3-4-5-26-12-6-13(18(19,20)21)16-14(7-12)22-10-15(24)23(16)11-8-17(2,25)9-11/h6-7,10-11,25H,3-5,8-9H2,1-2H3. The van der Waals surface area contributed by atoms with Crippen molar-refractivity contribution in [3.8, 4) is 5.75 Å². The minimum absolute atomic E-state index is 0.0532. The number of hydrogen-bond acceptors (Lipinski definition) is 4. The summed E-state index contributed by atoms with van der Waals surface area (Å²) in [6.07, 6.45) is -1.62. The highest BCUT2D eigenvalue weighted by Gasteiger charge is 2.42. The van der Waals surface area contributed by atoms with Gasteiger partial charge in [-0.3, -0.25) is 4.79 Å². The van der Waals surface area contributed by atoms with Gasteiger partial charge >= 0.3 is 6.18 Å². The van der Waals surface area contributed by atoms with E-state index in [1.165, 1.54) is 6.07 Å². The average Bonchev–Trinajstić information content (AvgIpc) is 2.51. The first-order valence-electron chi connectivity index (χ1n) is 8.60. The van der Waals surface area contributed by atoms with Crippen LogP contribution in [0.1, 0.15) is 51.1 Å². The molecule has 2 aromatic rings. The number of alkyl halides is 3. The molecule has 1 saturated carbocycles. The van der Waals surface area contributed by atoms with Gasteiger partial charge in [0.2, 0.25) is 0 Å². The highest BCUT2D eigenvalue weighted by Crippen LogP contribution is 2.44. The van der Waals surface area contributed by atoms with Crippen molar-refractivity contribution < 1.29 is 23.0 Å². The summed E-state index contributed by atoms with van der Waals surface area (Å²) < 4.78 is 47.6. The first kappa shape index (κ1) is 18.7. The van der Waals surface area contributed by atoms with Gasteiger partial charge in [0, 0.05) is 12.1 Å². The van der Waals surface area contributed by atoms with Gasteiger partial charge in [-0.2, -0.15) is 13.2 Å². The molecule has 1 aliphatic rings. The van der Waals surface area contributed by atoms with Crippen LogP contribution in [0.25, 0.3) is 11.0 Å². The van der Waals surface area contributed by atoms with Crippen molar-refractivity contribution >= 4 is 11.0 Å². The minimum Gasteiger partial charge on any atom is -0.494 e. The van der Waals surface area contributed by atoms with Crippen molar-refractivity contribution in [2.45, 2.75) is 57.3 Å². The summed E-state index contributed by atoms with van der Waals surface area (Å²) in [6.45, 7) is 3.87. The number of aromatic nitrogens is 2. The molecule has 0 aliphatic heterocycles. The molecule has 1 aromatic heterocycles. The number of ether oxygens (including phenoxy) is 1. The van der Waals surface area contributed by atoms with Crippen molar-refractivity contribution in [1.82, 2.24) is 9.55 Å². The lowest BCUT2D eigenvalue weighted by atomic mass is 9.77. The van der Waals surface area contributed by atoms with Gasteiger partial charge in [-0.15, -0.1) is 0 Å². The van der Waals surface area contributed by atoms with Gasteiger partial charge in [-0.1, -0.05) is 13.3 Å². The van der Waals surface area contributed by atoms with Crippen LogP contribution in [0.2, 0.25) is 0 Å². The monoisotopic (exact) mass is 370 g/mol. The third-order valence-electron chi connectivity index (χ3n) is 4.64. The van der Waals surface area contributed by atoms with Gasteiger partial charge < -0.3 is 14.4 Å². The van der Waals surface area contributed by atoms with Crippen molar-refractivity contribution in [2.24, 2.45) is 0 Å². The zero-order valence-corrected chi connectivity index (χ0v) is 14.6. The first-order chi connectivity index (χ1) is 12.1. The predicted molar refractivity (Wildman–Crippen MR) is 90.3 cm³/mol. The van der Waals surface area contributed by atoms with Crippen LogP contribution < -0.4 is 10.3 Å². The molecule has 1 aromatic carbocycles. The van der Waals surface area contributed by atoms with Gasteiger partial charge in [0.15, 0.2) is 0 Å². The maximum absolute atomic E-state index is 13.7. The van der Waals surface area contributed by atoms with Crippen LogP contribution in [0.3, 0.4) is 0 Å². The molecule has 1 heterocycles. The lowest BCUT2D eigenvalue weighted by Gasteiger charge is -2.42. The van der Waals surface area contributed by atoms with Crippen LogP contribution in [0.5, 0.6) is 5.75 Å². The van der Waals surface area contributed by atoms with Crippen LogP contribution in [-0.4, -0.2) is 26.9 Å². The minimum atomic E-state index is -4.66. The molecule has 26 heavy (non-hydrogen) atoms. The Morgan fingerprint density at radius 1 is 1.38 bits per heavy atom. The van der Waals surface area contributed by atoms with E-state index in [9.17, 15) is 23.1 Å². The fraction of sp³-hybridized carbons (Fsp3) is 0.556. The SMILES string of the molecule is CCCCOc1cc(C(F)(F)F)c2c(c1)ncc(=O)n2C1CC(C)(O)C1. The topological polar surface area (TPSA) is 64.3 Å². The molecule has 0 bridgehead atoms. The average molecular weight is 370 g/mol. The maximum Gasteiger partial charge on any atom is 0.418 e. The van der Waals surface area contributed by atoms with Crippen molar-refractivity contribution in [3.63, 3.8) is 0 Å². The van der Waals surface area contributed by atoms with E-state index in [1.54, 1.807) is 6.92 Å². The van der Waals surface area contributed by atoms with Crippen LogP contribution in [-0.2, 0) is 6.18 Å². The Kier molecular flexibility index (Phi) is 4.72. The molecular formula is C18H21F3N2O3. The van der Waals surface area contributed by atoms with Gasteiger partial charge in [-0.05, 0) is 32.3 Å². The summed E-state index contributed by atoms with van der Waals surface area (Å²) in [5, 5.41) is 9.93. The highest BCUT2D eigenvalue weighted by molar-refractivity contribution is 5.81. The van der Waals surface area contributed by atoms with E-state index >= 15 is 0 Å². The van der Waals surface area contributed by atoms with E-state index in [4.69, 9.17) is 4.74 Å². The van der Waals surface area contributed by atoms with E-state index < -0.39 is 28.9 Å². The second kappa shape index (κ2) is 6.57. The lowest BCUT2D eigenvalue weighted by Crippen LogP contribution is -2.45. The molecule has 1 N–H and O–H groups in total. The predicted octanol–water partition coefficient (Wildman–Crippen LogP) is 3.68. The van der Waals surface area contributed by atoms with Gasteiger partial charge in [-0.25, -0.2) is 4.98 Å². The van der Waals surface area contributed by atoms with Crippen molar-refractivity contribution in [3.05, 3.63) is 34.2 Å². The van der Waals surface area contributed by atoms with Crippen LogP contribution in [0, 0.1) is 0 Å². The smallest absolute Gasteiger partial charge is 0.418 e. The molecular weight excluding hydrogens is 349 g/mol. The molecule has 0 saturated heterocycles. The summed E-state index contributed by atoms with van der Waals surface area (Å²) in [5.74, 6) is 0.0802. The van der Waals surface area contributed by atoms with Gasteiger partial charge in [0.25, 0.3) is 5.56 Å². The Morgan fingerprint density at radius 3 is 2.65 bits per heavy atom. The highest BCUT2D eigenvalue weighted by atomic mass is 19.4. The van der Waals surface area contributed by atoms with Crippen LogP contribution in [0.4, 0.5) is 13.2 Å². The molecule has 1 aliphatic carbocycles. The van der Waals surface area contributed by atoms with E-state index in [0.29, 0.717) is 6.61 Å². The number of aliphatic hydroxyl groups is 1. The van der Waals surface area contributed by atoms with Crippen LogP contribution >= 0.6 is 0 Å². The number of fused-ring (bicyclic) bond motifs is 1. The molecule has 0 spiro atoms. The maximum atomic E-state index is 13.7. The molecule has 1 fully saturated rings. The van der Waals surface area contributed by atoms with Gasteiger partial charge in [0.05, 0.1) is 35.0 Å². The van der Waals surface area contributed by atoms with E-state index in [2.05, 4.69) is 4.98 Å². The summed E-state index contributed by atoms with van der Waals surface area (Å²) in [5.41, 5.74) is -2.73. The quantitative estimate of drug-likeness (QED) is 0.816. The Labute approximate surface area is 148 Å². The Balaban J connectivity index is 2.16. The van der Waals surface area contributed by atoms with Gasteiger partial charge in [0.1, 0.15) is 5.75 Å². The summed E-state index contributed by atoms with van der Waals surface area (Å²) in [4.78, 5) is 16.2. The molecule has 0 amide bonds. The second-order valence-corrected chi connectivity index (χ2v) is 7.06. The number of unbranched alkanes of at least 4 members (excludes halogenated alkanes) is 1. The van der Waals surface area contributed by atoms with Crippen LogP contribution in [0.15, 0.2) is 23.1 Å². The zero-order chi connectivity index (χ0) is 19.1. The van der Waals surface area contributed by atoms with Crippen molar-refractivity contribution in [1.29, 1.82) is 0 Å². The number of nitrogens with zero attached hydrogens (tertiary/aromatic N) is 2. The molecule has 0 radical (unpaired) electrons. The summed E-state index contributed by atoms with van der Waals surface area (Å²) in [7, 11) is 0. The molecule has 0 unspecified atom stereocenters. The summed E-state index contributed by atoms with van der Waals surface area (Å²) >= 11 is 0. The first-order valence-corrected chi connectivity index (χ1v) is 8.60.